The normalized spacial score (nSPS) is 11.9. The molecule has 19 heavy (non-hydrogen) atoms. The Morgan fingerprint density at radius 2 is 2.26 bits per heavy atom. The van der Waals surface area contributed by atoms with Crippen LogP contribution < -0.4 is 5.32 Å². The van der Waals surface area contributed by atoms with Crippen molar-refractivity contribution in [3.05, 3.63) is 21.7 Å². The molecule has 0 spiro atoms. The average molecular weight is 284 g/mol. The lowest BCUT2D eigenvalue weighted by molar-refractivity contribution is -0.389. The van der Waals surface area contributed by atoms with Gasteiger partial charge >= 0.3 is 5.82 Å². The van der Waals surface area contributed by atoms with Gasteiger partial charge in [0.15, 0.2) is 0 Å². The van der Waals surface area contributed by atoms with Crippen LogP contribution in [0.3, 0.4) is 0 Å². The lowest BCUT2D eigenvalue weighted by Gasteiger charge is -2.25. The lowest BCUT2D eigenvalue weighted by Crippen LogP contribution is -2.35. The summed E-state index contributed by atoms with van der Waals surface area (Å²) < 4.78 is 1.43. The molecule has 8 heteroatoms. The molecule has 0 aromatic carbocycles. The van der Waals surface area contributed by atoms with E-state index in [2.05, 4.69) is 10.3 Å². The third-order valence-corrected chi connectivity index (χ3v) is 4.07. The SMILES string of the molecule is CCC(O)(CC)CNc1nc2sccn2c1[N+](=O)[O-]. The zero-order valence-corrected chi connectivity index (χ0v) is 11.6. The number of fused-ring (bicyclic) bond motifs is 1. The van der Waals surface area contributed by atoms with Crippen molar-refractivity contribution in [2.75, 3.05) is 11.9 Å². The number of aromatic nitrogens is 2. The Bertz CT molecular complexity index is 588. The van der Waals surface area contributed by atoms with E-state index in [-0.39, 0.29) is 18.2 Å². The van der Waals surface area contributed by atoms with Crippen molar-refractivity contribution in [1.82, 2.24) is 9.38 Å². The molecular weight excluding hydrogens is 268 g/mol. The molecular formula is C11H16N4O3S. The van der Waals surface area contributed by atoms with Gasteiger partial charge in [-0.1, -0.05) is 25.2 Å². The molecule has 0 saturated carbocycles. The Balaban J connectivity index is 2.27. The maximum Gasteiger partial charge on any atom is 0.372 e. The first-order valence-electron chi connectivity index (χ1n) is 6.07. The van der Waals surface area contributed by atoms with E-state index in [4.69, 9.17) is 0 Å². The molecule has 104 valence electrons. The number of aliphatic hydroxyl groups is 1. The molecule has 0 fully saturated rings. The summed E-state index contributed by atoms with van der Waals surface area (Å²) in [6, 6.07) is 0. The van der Waals surface area contributed by atoms with Crippen LogP contribution in [0.25, 0.3) is 4.96 Å². The maximum absolute atomic E-state index is 11.1. The van der Waals surface area contributed by atoms with E-state index in [9.17, 15) is 15.2 Å². The zero-order chi connectivity index (χ0) is 14.0. The number of anilines is 1. The molecule has 0 aliphatic heterocycles. The predicted octanol–water partition coefficient (Wildman–Crippen LogP) is 2.27. The second-order valence-corrected chi connectivity index (χ2v) is 5.25. The van der Waals surface area contributed by atoms with E-state index in [0.29, 0.717) is 17.8 Å². The summed E-state index contributed by atoms with van der Waals surface area (Å²) in [7, 11) is 0. The number of thiazole rings is 1. The average Bonchev–Trinajstić information content (AvgIpc) is 2.95. The Morgan fingerprint density at radius 1 is 1.58 bits per heavy atom. The largest absolute Gasteiger partial charge is 0.388 e. The van der Waals surface area contributed by atoms with Crippen molar-refractivity contribution in [2.45, 2.75) is 32.3 Å². The van der Waals surface area contributed by atoms with Crippen LogP contribution in [-0.2, 0) is 0 Å². The number of nitro groups is 1. The van der Waals surface area contributed by atoms with Crippen molar-refractivity contribution in [2.24, 2.45) is 0 Å². The smallest absolute Gasteiger partial charge is 0.372 e. The van der Waals surface area contributed by atoms with Gasteiger partial charge in [-0.25, -0.2) is 0 Å². The quantitative estimate of drug-likeness (QED) is 0.627. The highest BCUT2D eigenvalue weighted by Crippen LogP contribution is 2.28. The Hall–Kier alpha value is -1.67. The third-order valence-electron chi connectivity index (χ3n) is 3.31. The fourth-order valence-electron chi connectivity index (χ4n) is 1.82. The molecule has 0 bridgehead atoms. The Morgan fingerprint density at radius 3 is 2.84 bits per heavy atom. The first kappa shape index (κ1) is 13.8. The van der Waals surface area contributed by atoms with Gasteiger partial charge in [-0.15, -0.1) is 0 Å². The molecule has 0 unspecified atom stereocenters. The molecule has 2 aromatic heterocycles. The van der Waals surface area contributed by atoms with Crippen molar-refractivity contribution < 1.29 is 10.0 Å². The van der Waals surface area contributed by atoms with Gasteiger partial charge in [0.2, 0.25) is 5.82 Å². The minimum absolute atomic E-state index is 0.0918. The molecule has 0 saturated heterocycles. The van der Waals surface area contributed by atoms with Crippen LogP contribution in [0.1, 0.15) is 26.7 Å². The number of imidazole rings is 1. The summed E-state index contributed by atoms with van der Waals surface area (Å²) in [4.78, 5) is 15.4. The molecule has 2 N–H and O–H groups in total. The van der Waals surface area contributed by atoms with Crippen LogP contribution in [0, 0.1) is 10.1 Å². The van der Waals surface area contributed by atoms with E-state index in [0.717, 1.165) is 0 Å². The number of rotatable bonds is 6. The highest BCUT2D eigenvalue weighted by atomic mass is 32.1. The second kappa shape index (κ2) is 5.14. The van der Waals surface area contributed by atoms with E-state index in [1.807, 2.05) is 13.8 Å². The molecule has 0 atom stereocenters. The topological polar surface area (TPSA) is 92.7 Å². The second-order valence-electron chi connectivity index (χ2n) is 4.38. The van der Waals surface area contributed by atoms with Crippen LogP contribution in [0.4, 0.5) is 11.6 Å². The van der Waals surface area contributed by atoms with E-state index in [1.165, 1.54) is 15.7 Å². The van der Waals surface area contributed by atoms with Crippen molar-refractivity contribution in [3.8, 4) is 0 Å². The van der Waals surface area contributed by atoms with Crippen LogP contribution >= 0.6 is 11.3 Å². The number of hydrogen-bond acceptors (Lipinski definition) is 6. The summed E-state index contributed by atoms with van der Waals surface area (Å²) in [6.07, 6.45) is 2.77. The summed E-state index contributed by atoms with van der Waals surface area (Å²) in [5.74, 6) is 0.114. The summed E-state index contributed by atoms with van der Waals surface area (Å²) in [5, 5.41) is 25.9. The summed E-state index contributed by atoms with van der Waals surface area (Å²) in [6.45, 7) is 4.00. The van der Waals surface area contributed by atoms with Gasteiger partial charge in [0, 0.05) is 11.9 Å². The van der Waals surface area contributed by atoms with Gasteiger partial charge in [-0.2, -0.15) is 9.38 Å². The van der Waals surface area contributed by atoms with Crippen LogP contribution in [0.5, 0.6) is 0 Å². The Labute approximate surface area is 114 Å². The van der Waals surface area contributed by atoms with Gasteiger partial charge in [0.1, 0.15) is 6.20 Å². The van der Waals surface area contributed by atoms with Crippen LogP contribution in [-0.4, -0.2) is 31.6 Å². The van der Waals surface area contributed by atoms with E-state index in [1.54, 1.807) is 11.6 Å². The fourth-order valence-corrected chi connectivity index (χ4v) is 2.52. The monoisotopic (exact) mass is 284 g/mol. The maximum atomic E-state index is 11.1. The van der Waals surface area contributed by atoms with E-state index < -0.39 is 10.5 Å². The number of nitrogens with zero attached hydrogens (tertiary/aromatic N) is 3. The van der Waals surface area contributed by atoms with E-state index >= 15 is 0 Å². The zero-order valence-electron chi connectivity index (χ0n) is 10.8. The molecule has 2 rings (SSSR count). The minimum Gasteiger partial charge on any atom is -0.388 e. The first-order valence-corrected chi connectivity index (χ1v) is 6.95. The predicted molar refractivity (Wildman–Crippen MR) is 73.7 cm³/mol. The third kappa shape index (κ3) is 2.54. The fraction of sp³-hybridized carbons (Fsp3) is 0.545. The number of hydrogen-bond donors (Lipinski definition) is 2. The highest BCUT2D eigenvalue weighted by Gasteiger charge is 2.27. The first-order chi connectivity index (χ1) is 9.00. The Kier molecular flexibility index (Phi) is 3.72. The van der Waals surface area contributed by atoms with Gasteiger partial charge in [-0.3, -0.25) is 0 Å². The standard InChI is InChI=1S/C11H16N4O3S/c1-3-11(16,4-2)7-12-8-9(15(17)18)14-5-6-19-10(14)13-8/h5-6,12,16H,3-4,7H2,1-2H3. The van der Waals surface area contributed by atoms with Gasteiger partial charge in [-0.05, 0) is 17.8 Å². The molecule has 2 heterocycles. The van der Waals surface area contributed by atoms with Crippen LogP contribution in [0.2, 0.25) is 0 Å². The van der Waals surface area contributed by atoms with Gasteiger partial charge in [0.05, 0.1) is 5.60 Å². The summed E-state index contributed by atoms with van der Waals surface area (Å²) in [5.41, 5.74) is -0.870. The van der Waals surface area contributed by atoms with Crippen molar-refractivity contribution in [1.29, 1.82) is 0 Å². The number of nitrogens with one attached hydrogen (secondary N) is 1. The van der Waals surface area contributed by atoms with Gasteiger partial charge in [0.25, 0.3) is 4.96 Å². The van der Waals surface area contributed by atoms with Crippen LogP contribution in [0.15, 0.2) is 11.6 Å². The molecule has 0 aliphatic rings. The molecule has 0 amide bonds. The molecule has 7 nitrogen and oxygen atoms in total. The highest BCUT2D eigenvalue weighted by molar-refractivity contribution is 7.15. The van der Waals surface area contributed by atoms with Crippen molar-refractivity contribution in [3.63, 3.8) is 0 Å². The van der Waals surface area contributed by atoms with Gasteiger partial charge < -0.3 is 20.5 Å². The molecule has 0 radical (unpaired) electrons. The summed E-state index contributed by atoms with van der Waals surface area (Å²) >= 11 is 1.33. The minimum atomic E-state index is -0.870. The molecule has 0 aliphatic carbocycles. The van der Waals surface area contributed by atoms with Crippen molar-refractivity contribution >= 4 is 27.9 Å². The molecule has 2 aromatic rings. The lowest BCUT2D eigenvalue weighted by atomic mass is 9.98.